The van der Waals surface area contributed by atoms with Gasteiger partial charge in [0.15, 0.2) is 0 Å². The standard InChI is InChI=1S/C16H16Br3NO/c1-10(12-3-5-13(17)6-4-12)20-9-11-7-14(18)16(21-2)15(19)8-11/h3-8,10,20H,9H2,1-2H3/t10-/m0/s1. The molecule has 0 radical (unpaired) electrons. The van der Waals surface area contributed by atoms with E-state index in [-0.39, 0.29) is 6.04 Å². The van der Waals surface area contributed by atoms with E-state index >= 15 is 0 Å². The lowest BCUT2D eigenvalue weighted by atomic mass is 10.1. The average molecular weight is 478 g/mol. The molecular formula is C16H16Br3NO. The van der Waals surface area contributed by atoms with Crippen molar-refractivity contribution in [3.8, 4) is 5.75 Å². The van der Waals surface area contributed by atoms with Gasteiger partial charge in [0, 0.05) is 17.1 Å². The van der Waals surface area contributed by atoms with E-state index in [1.165, 1.54) is 11.1 Å². The lowest BCUT2D eigenvalue weighted by Crippen LogP contribution is -2.18. The maximum Gasteiger partial charge on any atom is 0.147 e. The molecule has 0 fully saturated rings. The first-order chi connectivity index (χ1) is 10.0. The minimum atomic E-state index is 0.290. The molecule has 2 aromatic carbocycles. The van der Waals surface area contributed by atoms with E-state index in [1.54, 1.807) is 7.11 Å². The van der Waals surface area contributed by atoms with Crippen LogP contribution in [0.3, 0.4) is 0 Å². The van der Waals surface area contributed by atoms with Crippen LogP contribution in [0.2, 0.25) is 0 Å². The van der Waals surface area contributed by atoms with Crippen molar-refractivity contribution < 1.29 is 4.74 Å². The van der Waals surface area contributed by atoms with Gasteiger partial charge in [-0.1, -0.05) is 28.1 Å². The molecule has 0 aliphatic carbocycles. The molecule has 0 spiro atoms. The molecule has 0 saturated heterocycles. The van der Waals surface area contributed by atoms with Crippen LogP contribution in [0.4, 0.5) is 0 Å². The molecule has 2 aromatic rings. The SMILES string of the molecule is COc1c(Br)cc(CN[C@@H](C)c2ccc(Br)cc2)cc1Br. The van der Waals surface area contributed by atoms with Crippen LogP contribution in [0.15, 0.2) is 49.8 Å². The highest BCUT2D eigenvalue weighted by molar-refractivity contribution is 9.11. The molecule has 21 heavy (non-hydrogen) atoms. The number of rotatable bonds is 5. The molecule has 2 rings (SSSR count). The molecule has 0 aliphatic rings. The lowest BCUT2D eigenvalue weighted by Gasteiger charge is -2.15. The third-order valence-corrected chi connectivity index (χ3v) is 4.95. The summed E-state index contributed by atoms with van der Waals surface area (Å²) in [6, 6.07) is 12.8. The number of methoxy groups -OCH3 is 1. The van der Waals surface area contributed by atoms with Gasteiger partial charge in [-0.3, -0.25) is 0 Å². The van der Waals surface area contributed by atoms with Crippen molar-refractivity contribution >= 4 is 47.8 Å². The van der Waals surface area contributed by atoms with Crippen molar-refractivity contribution in [2.75, 3.05) is 7.11 Å². The van der Waals surface area contributed by atoms with E-state index in [1.807, 2.05) is 0 Å². The van der Waals surface area contributed by atoms with Gasteiger partial charge in [-0.25, -0.2) is 0 Å². The van der Waals surface area contributed by atoms with E-state index in [2.05, 4.69) is 96.4 Å². The Morgan fingerprint density at radius 1 is 1.05 bits per heavy atom. The number of hydrogen-bond donors (Lipinski definition) is 1. The molecule has 0 heterocycles. The number of halogens is 3. The topological polar surface area (TPSA) is 21.3 Å². The van der Waals surface area contributed by atoms with Gasteiger partial charge in [0.05, 0.1) is 16.1 Å². The fraction of sp³-hybridized carbons (Fsp3) is 0.250. The zero-order chi connectivity index (χ0) is 15.4. The fourth-order valence-electron chi connectivity index (χ4n) is 2.05. The maximum absolute atomic E-state index is 5.32. The molecule has 0 aliphatic heterocycles. The van der Waals surface area contributed by atoms with E-state index in [0.717, 1.165) is 25.7 Å². The summed E-state index contributed by atoms with van der Waals surface area (Å²) in [5.74, 6) is 0.819. The van der Waals surface area contributed by atoms with Crippen molar-refractivity contribution in [2.24, 2.45) is 0 Å². The summed E-state index contributed by atoms with van der Waals surface area (Å²) in [5, 5.41) is 3.53. The van der Waals surface area contributed by atoms with Crippen LogP contribution in [-0.2, 0) is 6.54 Å². The molecule has 5 heteroatoms. The molecule has 0 bridgehead atoms. The number of ether oxygens (including phenoxy) is 1. The van der Waals surface area contributed by atoms with Crippen molar-refractivity contribution in [1.82, 2.24) is 5.32 Å². The van der Waals surface area contributed by atoms with Gasteiger partial charge in [-0.2, -0.15) is 0 Å². The van der Waals surface area contributed by atoms with Gasteiger partial charge in [0.1, 0.15) is 5.75 Å². The van der Waals surface area contributed by atoms with Crippen molar-refractivity contribution in [1.29, 1.82) is 0 Å². The summed E-state index contributed by atoms with van der Waals surface area (Å²) < 4.78 is 8.32. The molecule has 0 unspecified atom stereocenters. The second kappa shape index (κ2) is 7.77. The predicted octanol–water partition coefficient (Wildman–Crippen LogP) is 5.83. The first kappa shape index (κ1) is 17.0. The first-order valence-electron chi connectivity index (χ1n) is 6.52. The Bertz CT molecular complexity index is 590. The van der Waals surface area contributed by atoms with Crippen LogP contribution in [0.25, 0.3) is 0 Å². The van der Waals surface area contributed by atoms with Gasteiger partial charge in [-0.05, 0) is 74.2 Å². The summed E-state index contributed by atoms with van der Waals surface area (Å²) in [7, 11) is 1.67. The summed E-state index contributed by atoms with van der Waals surface area (Å²) in [6.07, 6.45) is 0. The fourth-order valence-corrected chi connectivity index (χ4v) is 3.92. The Hall–Kier alpha value is -0.360. The van der Waals surface area contributed by atoms with Crippen LogP contribution in [0, 0.1) is 0 Å². The highest BCUT2D eigenvalue weighted by Crippen LogP contribution is 2.34. The summed E-state index contributed by atoms with van der Waals surface area (Å²) in [4.78, 5) is 0. The maximum atomic E-state index is 5.32. The lowest BCUT2D eigenvalue weighted by molar-refractivity contribution is 0.409. The average Bonchev–Trinajstić information content (AvgIpc) is 2.45. The molecule has 112 valence electrons. The molecular weight excluding hydrogens is 462 g/mol. The largest absolute Gasteiger partial charge is 0.494 e. The van der Waals surface area contributed by atoms with Gasteiger partial charge >= 0.3 is 0 Å². The van der Waals surface area contributed by atoms with E-state index in [4.69, 9.17) is 4.74 Å². The smallest absolute Gasteiger partial charge is 0.147 e. The van der Waals surface area contributed by atoms with Gasteiger partial charge < -0.3 is 10.1 Å². The van der Waals surface area contributed by atoms with Gasteiger partial charge in [0.2, 0.25) is 0 Å². The minimum Gasteiger partial charge on any atom is -0.494 e. The third-order valence-electron chi connectivity index (χ3n) is 3.24. The Labute approximate surface area is 150 Å². The minimum absolute atomic E-state index is 0.290. The van der Waals surface area contributed by atoms with Crippen LogP contribution < -0.4 is 10.1 Å². The number of hydrogen-bond acceptors (Lipinski definition) is 2. The quantitative estimate of drug-likeness (QED) is 0.584. The van der Waals surface area contributed by atoms with E-state index < -0.39 is 0 Å². The van der Waals surface area contributed by atoms with E-state index in [9.17, 15) is 0 Å². The Morgan fingerprint density at radius 3 is 2.14 bits per heavy atom. The Morgan fingerprint density at radius 2 is 1.62 bits per heavy atom. The monoisotopic (exact) mass is 475 g/mol. The summed E-state index contributed by atoms with van der Waals surface area (Å²) >= 11 is 10.5. The first-order valence-corrected chi connectivity index (χ1v) is 8.90. The molecule has 1 N–H and O–H groups in total. The number of benzene rings is 2. The second-order valence-corrected chi connectivity index (χ2v) is 7.37. The summed E-state index contributed by atoms with van der Waals surface area (Å²) in [5.41, 5.74) is 2.46. The van der Waals surface area contributed by atoms with Crippen molar-refractivity contribution in [2.45, 2.75) is 19.5 Å². The van der Waals surface area contributed by atoms with Gasteiger partial charge in [0.25, 0.3) is 0 Å². The van der Waals surface area contributed by atoms with Crippen molar-refractivity contribution in [3.05, 3.63) is 60.9 Å². The zero-order valence-electron chi connectivity index (χ0n) is 11.8. The highest BCUT2D eigenvalue weighted by Gasteiger charge is 2.09. The van der Waals surface area contributed by atoms with Crippen LogP contribution >= 0.6 is 47.8 Å². The van der Waals surface area contributed by atoms with Crippen LogP contribution in [0.5, 0.6) is 5.75 Å². The second-order valence-electron chi connectivity index (χ2n) is 4.75. The molecule has 0 saturated carbocycles. The third kappa shape index (κ3) is 4.55. The predicted molar refractivity (Wildman–Crippen MR) is 97.8 cm³/mol. The summed E-state index contributed by atoms with van der Waals surface area (Å²) in [6.45, 7) is 2.95. The van der Waals surface area contributed by atoms with Crippen LogP contribution in [0.1, 0.15) is 24.1 Å². The molecule has 0 aromatic heterocycles. The normalized spacial score (nSPS) is 12.2. The number of nitrogens with one attached hydrogen (secondary N) is 1. The Kier molecular flexibility index (Phi) is 6.29. The Balaban J connectivity index is 2.04. The molecule has 2 nitrogen and oxygen atoms in total. The molecule has 1 atom stereocenters. The van der Waals surface area contributed by atoms with Crippen molar-refractivity contribution in [3.63, 3.8) is 0 Å². The zero-order valence-corrected chi connectivity index (χ0v) is 16.5. The van der Waals surface area contributed by atoms with E-state index in [0.29, 0.717) is 0 Å². The highest BCUT2D eigenvalue weighted by atomic mass is 79.9. The van der Waals surface area contributed by atoms with Gasteiger partial charge in [-0.15, -0.1) is 0 Å². The van der Waals surface area contributed by atoms with Crippen LogP contribution in [-0.4, -0.2) is 7.11 Å². The molecule has 0 amide bonds.